The van der Waals surface area contributed by atoms with Gasteiger partial charge in [-0.25, -0.2) is 0 Å². The van der Waals surface area contributed by atoms with Crippen LogP contribution in [0.1, 0.15) is 70.2 Å². The van der Waals surface area contributed by atoms with E-state index < -0.39 is 0 Å². The summed E-state index contributed by atoms with van der Waals surface area (Å²) in [5, 5.41) is 0. The molecule has 1 aliphatic carbocycles. The van der Waals surface area contributed by atoms with Gasteiger partial charge in [0, 0.05) is 0 Å². The normalized spacial score (nSPS) is 17.2. The van der Waals surface area contributed by atoms with Crippen molar-refractivity contribution >= 4 is 5.57 Å². The van der Waals surface area contributed by atoms with Crippen LogP contribution < -0.4 is 3.80 Å². The van der Waals surface area contributed by atoms with E-state index in [1.54, 1.807) is 5.57 Å². The summed E-state index contributed by atoms with van der Waals surface area (Å²) in [6, 6.07) is 9.03. The Morgan fingerprint density at radius 2 is 1.68 bits per heavy atom. The third-order valence-electron chi connectivity index (χ3n) is 4.51. The molecule has 1 unspecified atom stereocenters. The number of rotatable bonds is 4. The van der Waals surface area contributed by atoms with Crippen molar-refractivity contribution in [1.82, 2.24) is 3.80 Å². The van der Waals surface area contributed by atoms with Crippen molar-refractivity contribution in [2.75, 3.05) is 0 Å². The van der Waals surface area contributed by atoms with E-state index in [1.165, 1.54) is 27.8 Å². The number of hydrogen-bond donors (Lipinski definition) is 1. The van der Waals surface area contributed by atoms with Crippen LogP contribution in [0.5, 0.6) is 0 Å². The van der Waals surface area contributed by atoms with Gasteiger partial charge in [0.2, 0.25) is 0 Å². The molecule has 0 spiro atoms. The van der Waals surface area contributed by atoms with Crippen LogP contribution in [0, 0.1) is 0 Å². The van der Waals surface area contributed by atoms with Gasteiger partial charge in [0.1, 0.15) is 0 Å². The first-order chi connectivity index (χ1) is 10.2. The summed E-state index contributed by atoms with van der Waals surface area (Å²) in [7, 11) is 0. The van der Waals surface area contributed by atoms with Crippen molar-refractivity contribution in [3.05, 3.63) is 52.1 Å². The molecule has 0 aromatic heterocycles. The molecule has 0 saturated heterocycles. The van der Waals surface area contributed by atoms with E-state index in [1.807, 2.05) is 0 Å². The molecular weight excluding hydrogens is 302 g/mol. The summed E-state index contributed by atoms with van der Waals surface area (Å²) in [5.74, 6) is 0. The van der Waals surface area contributed by atoms with Gasteiger partial charge in [-0.3, -0.25) is 0 Å². The summed E-state index contributed by atoms with van der Waals surface area (Å²) in [6.07, 6.45) is 1.12. The molecule has 2 rings (SSSR count). The van der Waals surface area contributed by atoms with Crippen LogP contribution in [-0.4, -0.2) is 5.54 Å². The van der Waals surface area contributed by atoms with Crippen LogP contribution in [0.3, 0.4) is 0 Å². The topological polar surface area (TPSA) is 12.0 Å². The van der Waals surface area contributed by atoms with Gasteiger partial charge in [-0.1, -0.05) is 0 Å². The molecule has 0 heterocycles. The average Bonchev–Trinajstić information content (AvgIpc) is 2.71. The Bertz CT molecular complexity index is 617. The summed E-state index contributed by atoms with van der Waals surface area (Å²) in [4.78, 5) is 0. The van der Waals surface area contributed by atoms with E-state index >= 15 is 0 Å². The molecule has 0 bridgehead atoms. The second kappa shape index (κ2) is 6.87. The van der Waals surface area contributed by atoms with Gasteiger partial charge in [-0.15, -0.1) is 0 Å². The Morgan fingerprint density at radius 3 is 2.23 bits per heavy atom. The van der Waals surface area contributed by atoms with E-state index in [9.17, 15) is 0 Å². The van der Waals surface area contributed by atoms with Gasteiger partial charge in [-0.2, -0.15) is 0 Å². The molecule has 0 fully saturated rings. The number of allylic oxidation sites excluding steroid dienone is 4. The third kappa shape index (κ3) is 4.01. The van der Waals surface area contributed by atoms with Gasteiger partial charge in [-0.05, 0) is 0 Å². The van der Waals surface area contributed by atoms with E-state index in [0.29, 0.717) is 4.22 Å². The summed E-state index contributed by atoms with van der Waals surface area (Å²) >= 11 is -0.209. The first kappa shape index (κ1) is 17.7. The fourth-order valence-corrected chi connectivity index (χ4v) is 4.58. The van der Waals surface area contributed by atoms with E-state index in [0.717, 1.165) is 6.42 Å². The van der Waals surface area contributed by atoms with Crippen LogP contribution in [0.15, 0.2) is 41.0 Å². The van der Waals surface area contributed by atoms with Crippen molar-refractivity contribution in [2.45, 2.75) is 64.6 Å². The predicted molar refractivity (Wildman–Crippen MR) is 93.3 cm³/mol. The Hall–Kier alpha value is -0.626. The predicted octanol–water partition coefficient (Wildman–Crippen LogP) is 5.65. The zero-order valence-electron chi connectivity index (χ0n) is 15.1. The fourth-order valence-electron chi connectivity index (χ4n) is 2.93. The first-order valence-corrected chi connectivity index (χ1v) is 9.87. The molecule has 1 aliphatic rings. The monoisotopic (exact) mass is 331 g/mol. The molecule has 1 aromatic rings. The summed E-state index contributed by atoms with van der Waals surface area (Å²) in [5.41, 5.74) is 9.26. The molecule has 0 radical (unpaired) electrons. The van der Waals surface area contributed by atoms with Crippen molar-refractivity contribution in [2.24, 2.45) is 0 Å². The molecule has 0 saturated carbocycles. The maximum absolute atomic E-state index is 3.77. The molecule has 2 heteroatoms. The standard InChI is InChI=1S/C16H19.C4H10N.Ti/c1-5-14-8-6-7-9-15(14)16-10-11(2)12(3)13(16)4;1-4(2,3)5;/h5-9H,10H2,1-4H3;5H,1-3H3;/q;-1;+1. The van der Waals surface area contributed by atoms with Gasteiger partial charge in [0.15, 0.2) is 0 Å². The number of hydrogen-bond acceptors (Lipinski definition) is 1. The minimum absolute atomic E-state index is 0.209. The molecule has 1 atom stereocenters. The van der Waals surface area contributed by atoms with E-state index in [-0.39, 0.29) is 24.9 Å². The molecule has 1 aromatic carbocycles. The van der Waals surface area contributed by atoms with Crippen LogP contribution in [0.2, 0.25) is 0 Å². The number of nitrogens with one attached hydrogen (secondary N) is 1. The van der Waals surface area contributed by atoms with Gasteiger partial charge >= 0.3 is 146 Å². The Labute approximate surface area is 145 Å². The molecular formula is C20H29NTi. The van der Waals surface area contributed by atoms with Crippen molar-refractivity contribution in [3.63, 3.8) is 0 Å². The van der Waals surface area contributed by atoms with Crippen molar-refractivity contribution in [1.29, 1.82) is 0 Å². The van der Waals surface area contributed by atoms with E-state index in [4.69, 9.17) is 0 Å². The second-order valence-corrected chi connectivity index (χ2v) is 9.71. The minimum atomic E-state index is -0.209. The Balaban J connectivity index is 2.29. The average molecular weight is 331 g/mol. The summed E-state index contributed by atoms with van der Waals surface area (Å²) in [6.45, 7) is 16.0. The second-order valence-electron chi connectivity index (χ2n) is 7.51. The molecule has 22 heavy (non-hydrogen) atoms. The Morgan fingerprint density at radius 1 is 1.05 bits per heavy atom. The van der Waals surface area contributed by atoms with Crippen LogP contribution in [0.4, 0.5) is 0 Å². The third-order valence-corrected chi connectivity index (χ3v) is 7.07. The molecule has 0 amide bonds. The van der Waals surface area contributed by atoms with Crippen molar-refractivity contribution < 1.29 is 19.4 Å². The van der Waals surface area contributed by atoms with E-state index in [2.05, 4.69) is 76.5 Å². The quantitative estimate of drug-likeness (QED) is 0.703. The van der Waals surface area contributed by atoms with Crippen LogP contribution >= 0.6 is 0 Å². The van der Waals surface area contributed by atoms with Gasteiger partial charge in [0.25, 0.3) is 0 Å². The van der Waals surface area contributed by atoms with Crippen LogP contribution in [-0.2, 0) is 19.4 Å². The summed E-state index contributed by atoms with van der Waals surface area (Å²) < 4.78 is 4.40. The first-order valence-electron chi connectivity index (χ1n) is 8.19. The zero-order valence-corrected chi connectivity index (χ0v) is 16.7. The molecule has 1 N–H and O–H groups in total. The maximum atomic E-state index is 3.77. The van der Waals surface area contributed by atoms with Crippen LogP contribution in [0.25, 0.3) is 5.57 Å². The number of benzene rings is 1. The fraction of sp³-hybridized carbons (Fsp3) is 0.500. The zero-order chi connectivity index (χ0) is 16.5. The molecule has 0 aliphatic heterocycles. The van der Waals surface area contributed by atoms with Crippen molar-refractivity contribution in [3.8, 4) is 0 Å². The van der Waals surface area contributed by atoms with Gasteiger partial charge < -0.3 is 0 Å². The SMILES string of the molecule is CC1=C(C)C(C)=C(c2ccccc2[CH](C)[Ti][NH]C(C)(C)C)C1. The Kier molecular flexibility index (Phi) is 5.53. The van der Waals surface area contributed by atoms with Gasteiger partial charge in [0.05, 0.1) is 0 Å². The molecule has 1 nitrogen and oxygen atoms in total. The molecule has 118 valence electrons.